The number of benzene rings is 3. The highest BCUT2D eigenvalue weighted by Crippen LogP contribution is 2.69. The van der Waals surface area contributed by atoms with Crippen LogP contribution >= 0.6 is 23.2 Å². The molecule has 0 saturated carbocycles. The van der Waals surface area contributed by atoms with E-state index in [9.17, 15) is 18.8 Å². The lowest BCUT2D eigenvalue weighted by Crippen LogP contribution is -2.57. The Hall–Kier alpha value is -3.22. The van der Waals surface area contributed by atoms with Crippen molar-refractivity contribution in [1.82, 2.24) is 4.90 Å². The monoisotopic (exact) mass is 523 g/mol. The number of imide groups is 1. The first kappa shape index (κ1) is 23.2. The molecule has 2 atom stereocenters. The van der Waals surface area contributed by atoms with Crippen LogP contribution in [0.2, 0.25) is 0 Å². The van der Waals surface area contributed by atoms with Gasteiger partial charge < -0.3 is 4.74 Å². The number of carbonyl (C=O) groups is 3. The van der Waals surface area contributed by atoms with Gasteiger partial charge in [-0.2, -0.15) is 0 Å². The summed E-state index contributed by atoms with van der Waals surface area (Å²) in [6.07, 6.45) is -0.226. The van der Waals surface area contributed by atoms with E-state index in [-0.39, 0.29) is 25.1 Å². The van der Waals surface area contributed by atoms with Crippen LogP contribution in [0.1, 0.15) is 34.2 Å². The highest BCUT2D eigenvalue weighted by Gasteiger charge is 2.72. The van der Waals surface area contributed by atoms with Crippen LogP contribution in [0.5, 0.6) is 0 Å². The molecular weight excluding hydrogens is 504 g/mol. The fraction of sp³-hybridized carbons (Fsp3) is 0.250. The molecule has 5 nitrogen and oxygen atoms in total. The molecule has 1 aliphatic heterocycles. The molecule has 3 aliphatic carbocycles. The lowest BCUT2D eigenvalue weighted by molar-refractivity contribution is -0.146. The number of ether oxygens (including phenoxy) is 1. The predicted octanol–water partition coefficient (Wildman–Crippen LogP) is 4.85. The molecule has 7 rings (SSSR count). The molecule has 3 aromatic carbocycles. The summed E-state index contributed by atoms with van der Waals surface area (Å²) < 4.78 is 19.0. The van der Waals surface area contributed by atoms with Crippen molar-refractivity contribution in [2.24, 2.45) is 11.8 Å². The molecule has 0 spiro atoms. The average molecular weight is 524 g/mol. The van der Waals surface area contributed by atoms with Gasteiger partial charge in [-0.15, -0.1) is 23.2 Å². The van der Waals surface area contributed by atoms with Crippen LogP contribution in [0, 0.1) is 17.7 Å². The fourth-order valence-electron chi connectivity index (χ4n) is 5.99. The van der Waals surface area contributed by atoms with Crippen LogP contribution in [-0.2, 0) is 35.5 Å². The Morgan fingerprint density at radius 2 is 1.25 bits per heavy atom. The zero-order chi connectivity index (χ0) is 25.2. The maximum atomic E-state index is 13.8. The summed E-state index contributed by atoms with van der Waals surface area (Å²) in [5.74, 6) is -3.88. The van der Waals surface area contributed by atoms with Crippen LogP contribution in [-0.4, -0.2) is 29.2 Å². The van der Waals surface area contributed by atoms with Crippen molar-refractivity contribution in [3.05, 3.63) is 106 Å². The van der Waals surface area contributed by atoms with E-state index < -0.39 is 45.2 Å². The number of nitrogens with zero attached hydrogens (tertiary/aromatic N) is 1. The second-order valence-electron chi connectivity index (χ2n) is 9.30. The summed E-state index contributed by atoms with van der Waals surface area (Å²) in [5.41, 5.74) is 3.11. The minimum Gasteiger partial charge on any atom is -0.461 e. The number of esters is 1. The van der Waals surface area contributed by atoms with E-state index in [0.29, 0.717) is 22.3 Å². The lowest BCUT2D eigenvalue weighted by Gasteiger charge is -2.54. The predicted molar refractivity (Wildman–Crippen MR) is 131 cm³/mol. The third-order valence-electron chi connectivity index (χ3n) is 7.56. The minimum atomic E-state index is -1.26. The summed E-state index contributed by atoms with van der Waals surface area (Å²) in [6, 6.07) is 20.8. The molecule has 0 radical (unpaired) electrons. The van der Waals surface area contributed by atoms with Crippen molar-refractivity contribution in [1.29, 1.82) is 0 Å². The van der Waals surface area contributed by atoms with Crippen molar-refractivity contribution in [3.63, 3.8) is 0 Å². The van der Waals surface area contributed by atoms with Gasteiger partial charge in [0, 0.05) is 12.1 Å². The van der Waals surface area contributed by atoms with Crippen LogP contribution in [0.3, 0.4) is 0 Å². The van der Waals surface area contributed by atoms with Gasteiger partial charge in [0.15, 0.2) is 0 Å². The number of hydrogen-bond donors (Lipinski definition) is 0. The Labute approximate surface area is 216 Å². The smallest absolute Gasteiger partial charge is 0.307 e. The second-order valence-corrected chi connectivity index (χ2v) is 10.5. The van der Waals surface area contributed by atoms with Gasteiger partial charge in [-0.05, 0) is 28.3 Å². The Morgan fingerprint density at radius 3 is 1.72 bits per heavy atom. The van der Waals surface area contributed by atoms with E-state index in [1.54, 1.807) is 12.1 Å². The summed E-state index contributed by atoms with van der Waals surface area (Å²) in [6.45, 7) is -0.410. The Morgan fingerprint density at radius 1 is 0.806 bits per heavy atom. The van der Waals surface area contributed by atoms with Crippen molar-refractivity contribution < 1.29 is 23.5 Å². The topological polar surface area (TPSA) is 63.7 Å². The third kappa shape index (κ3) is 2.98. The normalized spacial score (nSPS) is 27.5. The SMILES string of the molecule is O=C(CCN1C(=O)[C@@H]2[C@@H](C1=O)C1(Cl)c3ccccc3C2(Cl)c2ccccc21)OCc1ccccc1F. The second kappa shape index (κ2) is 8.15. The first-order chi connectivity index (χ1) is 17.3. The van der Waals surface area contributed by atoms with Gasteiger partial charge in [-0.3, -0.25) is 19.3 Å². The molecule has 0 N–H and O–H groups in total. The zero-order valence-electron chi connectivity index (χ0n) is 18.9. The van der Waals surface area contributed by atoms with Crippen molar-refractivity contribution in [2.75, 3.05) is 6.54 Å². The molecule has 3 aromatic rings. The van der Waals surface area contributed by atoms with Gasteiger partial charge in [0.25, 0.3) is 0 Å². The van der Waals surface area contributed by atoms with E-state index in [1.165, 1.54) is 12.1 Å². The van der Waals surface area contributed by atoms with Crippen LogP contribution < -0.4 is 0 Å². The largest absolute Gasteiger partial charge is 0.461 e. The molecule has 1 fully saturated rings. The number of amides is 2. The van der Waals surface area contributed by atoms with Crippen molar-refractivity contribution in [2.45, 2.75) is 22.8 Å². The van der Waals surface area contributed by atoms with Gasteiger partial charge >= 0.3 is 5.97 Å². The Bertz CT molecular complexity index is 1320. The molecule has 182 valence electrons. The Kier molecular flexibility index (Phi) is 5.25. The van der Waals surface area contributed by atoms with E-state index in [0.717, 1.165) is 4.90 Å². The number of hydrogen-bond acceptors (Lipinski definition) is 4. The van der Waals surface area contributed by atoms with E-state index in [1.807, 2.05) is 48.5 Å². The van der Waals surface area contributed by atoms with Gasteiger partial charge in [-0.25, -0.2) is 4.39 Å². The molecule has 1 saturated heterocycles. The molecule has 2 bridgehead atoms. The lowest BCUT2D eigenvalue weighted by atomic mass is 9.54. The molecular formula is C28H20Cl2FNO4. The van der Waals surface area contributed by atoms with Crippen LogP contribution in [0.15, 0.2) is 72.8 Å². The Balaban J connectivity index is 1.29. The highest BCUT2D eigenvalue weighted by molar-refractivity contribution is 6.36. The molecule has 36 heavy (non-hydrogen) atoms. The molecule has 4 aliphatic rings. The summed E-state index contributed by atoms with van der Waals surface area (Å²) >= 11 is 14.7. The standard InChI is InChI=1S/C28H20Cl2FNO4/c29-27-17-8-2-3-9-18(17)28(30,20-11-5-4-10-19(20)27)24-23(27)25(34)32(26(24)35)14-13-22(33)36-15-16-7-1-6-12-21(16)31/h1-12,23-24H,13-15H2/t23-,24-,27?,28?/m0/s1. The first-order valence-corrected chi connectivity index (χ1v) is 12.4. The quantitative estimate of drug-likeness (QED) is 0.272. The van der Waals surface area contributed by atoms with E-state index in [4.69, 9.17) is 27.9 Å². The van der Waals surface area contributed by atoms with Gasteiger partial charge in [-0.1, -0.05) is 66.7 Å². The highest BCUT2D eigenvalue weighted by atomic mass is 35.5. The van der Waals surface area contributed by atoms with E-state index >= 15 is 0 Å². The van der Waals surface area contributed by atoms with Crippen LogP contribution in [0.25, 0.3) is 0 Å². The van der Waals surface area contributed by atoms with Gasteiger partial charge in [0.05, 0.1) is 18.3 Å². The first-order valence-electron chi connectivity index (χ1n) is 11.6. The summed E-state index contributed by atoms with van der Waals surface area (Å²) in [4.78, 5) is 38.3. The maximum Gasteiger partial charge on any atom is 0.307 e. The van der Waals surface area contributed by atoms with Crippen molar-refractivity contribution >= 4 is 41.0 Å². The molecule has 1 heterocycles. The molecule has 0 aromatic heterocycles. The van der Waals surface area contributed by atoms with E-state index in [2.05, 4.69) is 0 Å². The summed E-state index contributed by atoms with van der Waals surface area (Å²) in [5, 5.41) is 0. The number of rotatable bonds is 5. The number of halogens is 3. The minimum absolute atomic E-state index is 0.173. The molecule has 0 unspecified atom stereocenters. The van der Waals surface area contributed by atoms with Crippen LogP contribution in [0.4, 0.5) is 4.39 Å². The number of carbonyl (C=O) groups excluding carboxylic acids is 3. The molecule has 2 amide bonds. The van der Waals surface area contributed by atoms with Crippen molar-refractivity contribution in [3.8, 4) is 0 Å². The number of likely N-dealkylation sites (tertiary alicyclic amines) is 1. The fourth-order valence-corrected chi connectivity index (χ4v) is 7.09. The molecule has 8 heteroatoms. The number of alkyl halides is 2. The zero-order valence-corrected chi connectivity index (χ0v) is 20.4. The average Bonchev–Trinajstić information content (AvgIpc) is 3.16. The third-order valence-corrected chi connectivity index (χ3v) is 8.85. The van der Waals surface area contributed by atoms with Gasteiger partial charge in [0.2, 0.25) is 11.8 Å². The van der Waals surface area contributed by atoms with Gasteiger partial charge in [0.1, 0.15) is 22.2 Å². The summed E-state index contributed by atoms with van der Waals surface area (Å²) in [7, 11) is 0. The maximum absolute atomic E-state index is 13.8.